The van der Waals surface area contributed by atoms with Crippen LogP contribution in [0.4, 0.5) is 5.82 Å². The molecule has 2 fully saturated rings. The van der Waals surface area contributed by atoms with Crippen molar-refractivity contribution in [1.29, 1.82) is 0 Å². The zero-order chi connectivity index (χ0) is 23.5. The molecule has 1 aliphatic carbocycles. The zero-order valence-electron chi connectivity index (χ0n) is 19.2. The summed E-state index contributed by atoms with van der Waals surface area (Å²) in [7, 11) is -1.35. The summed E-state index contributed by atoms with van der Waals surface area (Å²) in [5, 5.41) is 14.5. The Morgan fingerprint density at radius 2 is 1.97 bits per heavy atom. The third kappa shape index (κ3) is 4.06. The fourth-order valence-electron chi connectivity index (χ4n) is 4.71. The number of rotatable bonds is 5. The van der Waals surface area contributed by atoms with Gasteiger partial charge >= 0.3 is 0 Å². The number of hydrogen-bond acceptors (Lipinski definition) is 10. The average molecular weight is 490 g/mol. The lowest BCUT2D eigenvalue weighted by Gasteiger charge is -2.24. The molecule has 0 amide bonds. The fraction of sp³-hybridized carbons (Fsp3) is 0.545. The Labute approximate surface area is 198 Å². The van der Waals surface area contributed by atoms with Crippen molar-refractivity contribution in [2.75, 3.05) is 18.2 Å². The number of aliphatic hydroxyl groups is 1. The van der Waals surface area contributed by atoms with Gasteiger partial charge in [-0.3, -0.25) is 9.19 Å². The van der Waals surface area contributed by atoms with Gasteiger partial charge in [0.2, 0.25) is 5.16 Å². The highest BCUT2D eigenvalue weighted by molar-refractivity contribution is 7.84. The van der Waals surface area contributed by atoms with Crippen LogP contribution in [0.1, 0.15) is 31.7 Å². The van der Waals surface area contributed by atoms with Gasteiger partial charge in [-0.2, -0.15) is 0 Å². The van der Waals surface area contributed by atoms with E-state index in [0.717, 1.165) is 26.5 Å². The number of hydrogen-bond donors (Lipinski definition) is 2. The molecule has 2 N–H and O–H groups in total. The van der Waals surface area contributed by atoms with Crippen molar-refractivity contribution in [3.05, 3.63) is 23.7 Å². The number of ether oxygens (including phenoxy) is 2. The molecule has 1 aliphatic heterocycles. The van der Waals surface area contributed by atoms with E-state index in [-0.39, 0.29) is 35.9 Å². The lowest BCUT2D eigenvalue weighted by Crippen LogP contribution is -2.35. The van der Waals surface area contributed by atoms with Crippen molar-refractivity contribution in [2.45, 2.75) is 63.3 Å². The van der Waals surface area contributed by atoms with Crippen LogP contribution in [-0.4, -0.2) is 66.2 Å². The molecule has 33 heavy (non-hydrogen) atoms. The first-order chi connectivity index (χ1) is 15.7. The summed E-state index contributed by atoms with van der Waals surface area (Å²) < 4.78 is 25.5. The number of aromatic nitrogens is 4. The Bertz CT molecular complexity index is 1250. The minimum Gasteiger partial charge on any atom is -0.396 e. The Balaban J connectivity index is 1.59. The average Bonchev–Trinajstić information content (AvgIpc) is 3.39. The largest absolute Gasteiger partial charge is 0.396 e. The highest BCUT2D eigenvalue weighted by Crippen LogP contribution is 2.44. The molecular weight excluding hydrogens is 462 g/mol. The van der Waals surface area contributed by atoms with Gasteiger partial charge in [0.25, 0.3) is 0 Å². The molecule has 11 heteroatoms. The van der Waals surface area contributed by atoms with Crippen LogP contribution in [0.25, 0.3) is 20.8 Å². The van der Waals surface area contributed by atoms with Crippen molar-refractivity contribution in [2.24, 2.45) is 5.92 Å². The minimum atomic E-state index is -1.35. The summed E-state index contributed by atoms with van der Waals surface area (Å²) >= 11 is 1.55. The number of nitrogens with one attached hydrogen (secondary N) is 1. The first kappa shape index (κ1) is 22.7. The first-order valence-electron chi connectivity index (χ1n) is 10.8. The molecule has 0 spiro atoms. The Kier molecular flexibility index (Phi) is 5.73. The van der Waals surface area contributed by atoms with Gasteiger partial charge in [0, 0.05) is 25.0 Å². The maximum Gasteiger partial charge on any atom is 0.220 e. The van der Waals surface area contributed by atoms with Gasteiger partial charge in [-0.15, -0.1) is 11.3 Å². The topological polar surface area (TPSA) is 119 Å². The molecule has 4 heterocycles. The van der Waals surface area contributed by atoms with E-state index in [1.54, 1.807) is 23.8 Å². The van der Waals surface area contributed by atoms with E-state index >= 15 is 0 Å². The summed E-state index contributed by atoms with van der Waals surface area (Å²) in [5.74, 6) is -0.203. The second-order valence-electron chi connectivity index (χ2n) is 9.03. The normalized spacial score (nSPS) is 27.1. The van der Waals surface area contributed by atoms with Crippen molar-refractivity contribution in [3.63, 3.8) is 0 Å². The van der Waals surface area contributed by atoms with Gasteiger partial charge < -0.3 is 19.9 Å². The van der Waals surface area contributed by atoms with Crippen LogP contribution in [0.5, 0.6) is 0 Å². The molecule has 9 nitrogen and oxygen atoms in total. The molecule has 1 saturated carbocycles. The number of thiazole rings is 1. The van der Waals surface area contributed by atoms with E-state index in [2.05, 4.69) is 20.3 Å². The monoisotopic (exact) mass is 489 g/mol. The second-order valence-corrected chi connectivity index (χ2v) is 11.3. The van der Waals surface area contributed by atoms with Crippen molar-refractivity contribution < 1.29 is 18.8 Å². The summed E-state index contributed by atoms with van der Waals surface area (Å²) in [6.07, 6.45) is 3.56. The summed E-state index contributed by atoms with van der Waals surface area (Å²) in [5.41, 5.74) is 3.17. The molecule has 1 saturated heterocycles. The zero-order valence-corrected chi connectivity index (χ0v) is 20.8. The number of fused-ring (bicyclic) bond motifs is 2. The summed E-state index contributed by atoms with van der Waals surface area (Å²) in [6.45, 7) is 7.59. The van der Waals surface area contributed by atoms with Crippen molar-refractivity contribution in [3.8, 4) is 10.6 Å². The fourth-order valence-corrected chi connectivity index (χ4v) is 6.30. The van der Waals surface area contributed by atoms with E-state index in [9.17, 15) is 9.32 Å². The number of nitrogens with zero attached hydrogens (tertiary/aromatic N) is 4. The van der Waals surface area contributed by atoms with E-state index in [1.165, 1.54) is 0 Å². The van der Waals surface area contributed by atoms with E-state index in [4.69, 9.17) is 14.5 Å². The lowest BCUT2D eigenvalue weighted by atomic mass is 10.1. The van der Waals surface area contributed by atoms with Crippen molar-refractivity contribution in [1.82, 2.24) is 19.9 Å². The van der Waals surface area contributed by atoms with Crippen LogP contribution in [0.2, 0.25) is 0 Å². The molecule has 3 aromatic rings. The van der Waals surface area contributed by atoms with Crippen LogP contribution in [0, 0.1) is 19.8 Å². The van der Waals surface area contributed by atoms with Gasteiger partial charge in [-0.1, -0.05) is 0 Å². The van der Waals surface area contributed by atoms with Crippen molar-refractivity contribution >= 4 is 38.2 Å². The summed E-state index contributed by atoms with van der Waals surface area (Å²) in [4.78, 5) is 18.3. The Morgan fingerprint density at radius 1 is 1.21 bits per heavy atom. The highest BCUT2D eigenvalue weighted by Gasteiger charge is 2.54. The van der Waals surface area contributed by atoms with Crippen LogP contribution >= 0.6 is 11.3 Å². The predicted molar refractivity (Wildman–Crippen MR) is 127 cm³/mol. The molecule has 0 bridgehead atoms. The summed E-state index contributed by atoms with van der Waals surface area (Å²) in [6, 6.07) is 1.81. The molecule has 5 atom stereocenters. The quantitative estimate of drug-likeness (QED) is 0.521. The predicted octanol–water partition coefficient (Wildman–Crippen LogP) is 2.82. The van der Waals surface area contributed by atoms with Crippen LogP contribution in [0.3, 0.4) is 0 Å². The third-order valence-corrected chi connectivity index (χ3v) is 7.90. The molecule has 0 radical (unpaired) electrons. The number of aryl methyl sites for hydroxylation is 2. The molecule has 0 aromatic carbocycles. The van der Waals surface area contributed by atoms with Gasteiger partial charge in [0.1, 0.15) is 22.4 Å². The SMILES string of the molecule is Cc1nc(S(C)=O)nc(NC2CC(CO)C3OC(C)(C)OC23)c1-c1nc2c(C)nccc2s1. The van der Waals surface area contributed by atoms with Crippen LogP contribution < -0.4 is 5.32 Å². The first-order valence-corrected chi connectivity index (χ1v) is 13.2. The maximum absolute atomic E-state index is 12.2. The molecule has 5 unspecified atom stereocenters. The highest BCUT2D eigenvalue weighted by atomic mass is 32.2. The van der Waals surface area contributed by atoms with Gasteiger partial charge in [-0.05, 0) is 40.2 Å². The Morgan fingerprint density at radius 3 is 2.67 bits per heavy atom. The number of aliphatic hydroxyl groups excluding tert-OH is 1. The maximum atomic E-state index is 12.2. The standard InChI is InChI=1S/C22H27N5O4S2/c1-10-15(20-26-16-11(2)23-7-6-14(16)32-20)19(27-21(24-10)33(5)29)25-13-8-12(9-28)17-18(13)31-22(3,4)30-17/h6-7,12-13,17-18,28H,8-9H2,1-5H3,(H,24,25,27). The molecule has 3 aromatic heterocycles. The van der Waals surface area contributed by atoms with Gasteiger partial charge in [-0.25, -0.2) is 15.0 Å². The number of pyridine rings is 1. The Hall–Kier alpha value is -2.05. The lowest BCUT2D eigenvalue weighted by molar-refractivity contribution is -0.158. The molecule has 2 aliphatic rings. The van der Waals surface area contributed by atoms with Gasteiger partial charge in [0.15, 0.2) is 5.79 Å². The van der Waals surface area contributed by atoms with Crippen LogP contribution in [0.15, 0.2) is 17.4 Å². The van der Waals surface area contributed by atoms with Crippen LogP contribution in [-0.2, 0) is 20.3 Å². The molecular formula is C22H27N5O4S2. The second kappa shape index (κ2) is 8.31. The number of anilines is 1. The molecule has 5 rings (SSSR count). The van der Waals surface area contributed by atoms with E-state index in [0.29, 0.717) is 17.9 Å². The van der Waals surface area contributed by atoms with E-state index < -0.39 is 16.6 Å². The third-order valence-electron chi connectivity index (χ3n) is 6.17. The van der Waals surface area contributed by atoms with E-state index in [1.807, 2.05) is 33.8 Å². The van der Waals surface area contributed by atoms with Gasteiger partial charge in [0.05, 0.1) is 44.6 Å². The minimum absolute atomic E-state index is 0.0167. The molecule has 176 valence electrons. The smallest absolute Gasteiger partial charge is 0.220 e.